The molecule has 8 rings (SSSR count). The van der Waals surface area contributed by atoms with Gasteiger partial charge in [-0.2, -0.15) is 0 Å². The molecule has 6 aromatic rings. The highest BCUT2D eigenvalue weighted by Crippen LogP contribution is 2.35. The van der Waals surface area contributed by atoms with Crippen molar-refractivity contribution in [2.45, 2.75) is 64.1 Å². The third-order valence-corrected chi connectivity index (χ3v) is 10.7. The molecule has 4 atom stereocenters. The lowest BCUT2D eigenvalue weighted by Gasteiger charge is -2.30. The molecule has 2 fully saturated rings. The van der Waals surface area contributed by atoms with Crippen LogP contribution < -0.4 is 10.6 Å². The van der Waals surface area contributed by atoms with E-state index < -0.39 is 12.1 Å². The minimum absolute atomic E-state index is 0.0338. The summed E-state index contributed by atoms with van der Waals surface area (Å²) in [4.78, 5) is 44.5. The van der Waals surface area contributed by atoms with Gasteiger partial charge in [0.05, 0.1) is 41.3 Å². The van der Waals surface area contributed by atoms with E-state index in [-0.39, 0.29) is 17.9 Å². The summed E-state index contributed by atoms with van der Waals surface area (Å²) in [5.41, 5.74) is 8.41. The number of benzene rings is 4. The van der Waals surface area contributed by atoms with Crippen molar-refractivity contribution < 1.29 is 14.3 Å². The molecule has 0 radical (unpaired) electrons. The maximum absolute atomic E-state index is 13.8. The van der Waals surface area contributed by atoms with Crippen LogP contribution in [0.4, 0.5) is 4.79 Å². The predicted molar refractivity (Wildman–Crippen MR) is 197 cm³/mol. The van der Waals surface area contributed by atoms with E-state index in [1.165, 1.54) is 29.9 Å². The van der Waals surface area contributed by atoms with Crippen LogP contribution in [-0.4, -0.2) is 63.1 Å². The van der Waals surface area contributed by atoms with Gasteiger partial charge in [0, 0.05) is 6.54 Å². The van der Waals surface area contributed by atoms with Crippen molar-refractivity contribution in [2.24, 2.45) is 5.92 Å². The van der Waals surface area contributed by atoms with Gasteiger partial charge in [-0.3, -0.25) is 4.79 Å². The van der Waals surface area contributed by atoms with Crippen LogP contribution in [-0.2, 0) is 9.53 Å². The summed E-state index contributed by atoms with van der Waals surface area (Å²) in [6.07, 6.45) is 4.15. The molecular weight excluding hydrogens is 626 g/mol. The van der Waals surface area contributed by atoms with Crippen molar-refractivity contribution in [3.8, 4) is 22.3 Å². The summed E-state index contributed by atoms with van der Waals surface area (Å²) in [6.45, 7) is 5.66. The fraction of sp³-hybridized carbons (Fsp3) is 0.350. The van der Waals surface area contributed by atoms with Crippen molar-refractivity contribution in [1.29, 1.82) is 0 Å². The molecule has 10 heteroatoms. The maximum atomic E-state index is 13.8. The number of nitrogens with one attached hydrogen (secondary N) is 4. The van der Waals surface area contributed by atoms with Crippen molar-refractivity contribution in [2.75, 3.05) is 20.2 Å². The molecule has 0 bridgehead atoms. The topological polar surface area (TPSA) is 128 Å². The third kappa shape index (κ3) is 5.98. The number of amides is 2. The van der Waals surface area contributed by atoms with Gasteiger partial charge in [0.15, 0.2) is 0 Å². The van der Waals surface area contributed by atoms with Crippen LogP contribution in [0.3, 0.4) is 0 Å². The van der Waals surface area contributed by atoms with Crippen LogP contribution in [0.25, 0.3) is 55.1 Å². The number of aromatic amines is 2. The van der Waals surface area contributed by atoms with E-state index in [9.17, 15) is 9.59 Å². The van der Waals surface area contributed by atoms with Gasteiger partial charge in [0.25, 0.3) is 0 Å². The van der Waals surface area contributed by atoms with Crippen LogP contribution in [0, 0.1) is 5.92 Å². The van der Waals surface area contributed by atoms with Crippen molar-refractivity contribution in [3.05, 3.63) is 84.4 Å². The number of imidazole rings is 2. The van der Waals surface area contributed by atoms with Crippen LogP contribution >= 0.6 is 0 Å². The van der Waals surface area contributed by atoms with Gasteiger partial charge in [-0.15, -0.1) is 0 Å². The molecule has 4 N–H and O–H groups in total. The fourth-order valence-corrected chi connectivity index (χ4v) is 7.63. The number of carbonyl (C=O) groups is 2. The van der Waals surface area contributed by atoms with Gasteiger partial charge in [-0.25, -0.2) is 14.8 Å². The normalized spacial score (nSPS) is 19.0. The summed E-state index contributed by atoms with van der Waals surface area (Å²) in [7, 11) is 1.32. The van der Waals surface area contributed by atoms with E-state index in [2.05, 4.69) is 87.3 Å². The summed E-state index contributed by atoms with van der Waals surface area (Å²) < 4.78 is 4.82. The Morgan fingerprint density at radius 3 is 2.04 bits per heavy atom. The molecule has 0 aliphatic carbocycles. The van der Waals surface area contributed by atoms with E-state index in [0.29, 0.717) is 12.6 Å². The number of methoxy groups -OCH3 is 1. The Labute approximate surface area is 291 Å². The molecule has 2 aliphatic heterocycles. The molecule has 4 heterocycles. The maximum Gasteiger partial charge on any atom is 0.407 e. The summed E-state index contributed by atoms with van der Waals surface area (Å²) in [5, 5.41) is 8.65. The Bertz CT molecular complexity index is 2220. The summed E-state index contributed by atoms with van der Waals surface area (Å²) in [5.74, 6) is 1.67. The van der Waals surface area contributed by atoms with E-state index in [1.54, 1.807) is 0 Å². The Kier molecular flexibility index (Phi) is 8.48. The van der Waals surface area contributed by atoms with E-state index in [1.807, 2.05) is 24.8 Å². The van der Waals surface area contributed by atoms with E-state index in [4.69, 9.17) is 14.7 Å². The largest absolute Gasteiger partial charge is 0.453 e. The number of ether oxygens (including phenoxy) is 1. The highest BCUT2D eigenvalue weighted by molar-refractivity contribution is 5.93. The first-order chi connectivity index (χ1) is 24.4. The minimum Gasteiger partial charge on any atom is -0.453 e. The average molecular weight is 670 g/mol. The molecule has 0 spiro atoms. The Balaban J connectivity index is 1.03. The molecule has 2 amide bonds. The number of alkyl carbamates (subject to hydrolysis) is 1. The Morgan fingerprint density at radius 2 is 1.44 bits per heavy atom. The monoisotopic (exact) mass is 669 g/mol. The molecular formula is C40H43N7O3. The molecule has 1 unspecified atom stereocenters. The smallest absolute Gasteiger partial charge is 0.407 e. The lowest BCUT2D eigenvalue weighted by Crippen LogP contribution is -2.51. The first kappa shape index (κ1) is 32.0. The standard InChI is InChI=1S/C40H43N7O3/c1-4-23(2)36(46-40(49)50-3)39(48)47-18-6-8-35(47)38-43-31-16-14-29(22-34(31)45-38)27-12-10-24-19-26(11-9-25(24)20-27)28-13-15-30-33(21-28)44-37(42-30)32-7-5-17-41-32/h9-16,19-23,32,35-36,41H,4-8,17-18H2,1-3H3,(H,42,44)(H,43,45)(H,46,49)/t23?,32-,35-,36-/m0/s1. The second-order valence-electron chi connectivity index (χ2n) is 13.8. The highest BCUT2D eigenvalue weighted by Gasteiger charge is 2.38. The zero-order valence-electron chi connectivity index (χ0n) is 28.8. The number of likely N-dealkylation sites (tertiary alicyclic amines) is 1. The van der Waals surface area contributed by atoms with Gasteiger partial charge >= 0.3 is 6.09 Å². The number of H-pyrrole nitrogens is 2. The van der Waals surface area contributed by atoms with Crippen molar-refractivity contribution in [3.63, 3.8) is 0 Å². The van der Waals surface area contributed by atoms with Gasteiger partial charge in [-0.1, -0.05) is 56.7 Å². The minimum atomic E-state index is -0.653. The van der Waals surface area contributed by atoms with Gasteiger partial charge in [0.1, 0.15) is 17.7 Å². The second kappa shape index (κ2) is 13.2. The first-order valence-electron chi connectivity index (χ1n) is 17.8. The number of hydrogen-bond acceptors (Lipinski definition) is 6. The fourth-order valence-electron chi connectivity index (χ4n) is 7.63. The van der Waals surface area contributed by atoms with Crippen LogP contribution in [0.5, 0.6) is 0 Å². The van der Waals surface area contributed by atoms with Gasteiger partial charge in [-0.05, 0) is 108 Å². The van der Waals surface area contributed by atoms with Crippen molar-refractivity contribution in [1.82, 2.24) is 35.5 Å². The first-order valence-corrected chi connectivity index (χ1v) is 17.8. The SMILES string of the molecule is CCC(C)[C@H](NC(=O)OC)C(=O)N1CCC[C@H]1c1nc2ccc(-c3ccc4cc(-c5ccc6nc([C@@H]7CCCN7)[nH]c6c5)ccc4c3)cc2[nH]1. The highest BCUT2D eigenvalue weighted by atomic mass is 16.5. The number of carbonyl (C=O) groups excluding carboxylic acids is 2. The van der Waals surface area contributed by atoms with Gasteiger partial charge < -0.3 is 30.2 Å². The zero-order valence-corrected chi connectivity index (χ0v) is 28.8. The number of rotatable bonds is 8. The Hall–Kier alpha value is -5.22. The van der Waals surface area contributed by atoms with Crippen LogP contribution in [0.1, 0.15) is 69.7 Å². The quantitative estimate of drug-likeness (QED) is 0.131. The number of hydrogen-bond donors (Lipinski definition) is 4. The number of aromatic nitrogens is 4. The number of nitrogens with zero attached hydrogens (tertiary/aromatic N) is 3. The zero-order chi connectivity index (χ0) is 34.4. The van der Waals surface area contributed by atoms with Crippen LogP contribution in [0.15, 0.2) is 72.8 Å². The third-order valence-electron chi connectivity index (χ3n) is 10.7. The molecule has 10 nitrogen and oxygen atoms in total. The van der Waals surface area contributed by atoms with E-state index in [0.717, 1.165) is 82.6 Å². The molecule has 50 heavy (non-hydrogen) atoms. The summed E-state index contributed by atoms with van der Waals surface area (Å²) >= 11 is 0. The molecule has 256 valence electrons. The molecule has 2 aromatic heterocycles. The van der Waals surface area contributed by atoms with E-state index >= 15 is 0 Å². The average Bonchev–Trinajstić information content (AvgIpc) is 3.98. The lowest BCUT2D eigenvalue weighted by atomic mass is 9.97. The van der Waals surface area contributed by atoms with Crippen LogP contribution in [0.2, 0.25) is 0 Å². The molecule has 2 aliphatic rings. The Morgan fingerprint density at radius 1 is 0.840 bits per heavy atom. The molecule has 0 saturated carbocycles. The predicted octanol–water partition coefficient (Wildman–Crippen LogP) is 7.79. The number of fused-ring (bicyclic) bond motifs is 3. The molecule has 4 aromatic carbocycles. The molecule has 2 saturated heterocycles. The van der Waals surface area contributed by atoms with Crippen molar-refractivity contribution >= 4 is 44.8 Å². The summed E-state index contributed by atoms with van der Waals surface area (Å²) in [6, 6.07) is 25.5. The lowest BCUT2D eigenvalue weighted by molar-refractivity contribution is -0.135. The van der Waals surface area contributed by atoms with Gasteiger partial charge in [0.2, 0.25) is 5.91 Å². The second-order valence-corrected chi connectivity index (χ2v) is 13.8.